The Labute approximate surface area is 191 Å². The smallest absolute Gasteiger partial charge is 0.238 e. The summed E-state index contributed by atoms with van der Waals surface area (Å²) in [6, 6.07) is 8.27. The molecule has 2 aliphatic heterocycles. The maximum absolute atomic E-state index is 12.8. The molecule has 32 heavy (non-hydrogen) atoms. The van der Waals surface area contributed by atoms with Crippen LogP contribution in [0.3, 0.4) is 0 Å². The van der Waals surface area contributed by atoms with E-state index in [1.807, 2.05) is 18.5 Å². The van der Waals surface area contributed by atoms with Crippen molar-refractivity contribution in [2.45, 2.75) is 40.0 Å². The lowest BCUT2D eigenvalue weighted by molar-refractivity contribution is -0.117. The highest BCUT2D eigenvalue weighted by Crippen LogP contribution is 2.24. The second kappa shape index (κ2) is 10.6. The molecule has 0 aliphatic carbocycles. The van der Waals surface area contributed by atoms with E-state index < -0.39 is 0 Å². The maximum atomic E-state index is 12.8. The van der Waals surface area contributed by atoms with E-state index in [2.05, 4.69) is 51.4 Å². The zero-order valence-electron chi connectivity index (χ0n) is 19.8. The number of hydrogen-bond acceptors (Lipinski definition) is 5. The third-order valence-corrected chi connectivity index (χ3v) is 6.87. The Balaban J connectivity index is 1.25. The maximum Gasteiger partial charge on any atom is 0.238 e. The third kappa shape index (κ3) is 5.77. The first-order valence-electron chi connectivity index (χ1n) is 11.9. The number of piperidine rings is 1. The molecular formula is C25H37N5O2. The molecule has 3 heterocycles. The number of likely N-dealkylation sites (tertiary alicyclic amines) is 1. The fraction of sp³-hybridized carbons (Fsp3) is 0.600. The fourth-order valence-corrected chi connectivity index (χ4v) is 4.77. The Hall–Kier alpha value is -2.22. The first-order chi connectivity index (χ1) is 15.5. The summed E-state index contributed by atoms with van der Waals surface area (Å²) in [5.41, 5.74) is 4.86. The normalized spacial score (nSPS) is 18.7. The Bertz CT molecular complexity index is 894. The van der Waals surface area contributed by atoms with Gasteiger partial charge in [0.2, 0.25) is 5.91 Å². The van der Waals surface area contributed by atoms with Crippen LogP contribution in [0.1, 0.15) is 36.2 Å². The van der Waals surface area contributed by atoms with Gasteiger partial charge in [-0.15, -0.1) is 0 Å². The lowest BCUT2D eigenvalue weighted by Gasteiger charge is -2.33. The fourth-order valence-electron chi connectivity index (χ4n) is 4.77. The number of aromatic nitrogens is 2. The van der Waals surface area contributed by atoms with Crippen LogP contribution >= 0.6 is 0 Å². The molecule has 7 nitrogen and oxygen atoms in total. The van der Waals surface area contributed by atoms with Gasteiger partial charge in [-0.25, -0.2) is 4.68 Å². The van der Waals surface area contributed by atoms with Gasteiger partial charge >= 0.3 is 0 Å². The van der Waals surface area contributed by atoms with Crippen molar-refractivity contribution in [3.05, 3.63) is 41.2 Å². The molecule has 2 saturated heterocycles. The van der Waals surface area contributed by atoms with Crippen LogP contribution in [0.4, 0.5) is 5.69 Å². The van der Waals surface area contributed by atoms with Crippen molar-refractivity contribution in [3.8, 4) is 5.69 Å². The van der Waals surface area contributed by atoms with Gasteiger partial charge in [0, 0.05) is 13.1 Å². The van der Waals surface area contributed by atoms with Gasteiger partial charge in [-0.2, -0.15) is 5.10 Å². The molecule has 0 saturated carbocycles. The topological polar surface area (TPSA) is 62.6 Å². The molecule has 1 aromatic carbocycles. The number of morpholine rings is 1. The van der Waals surface area contributed by atoms with Gasteiger partial charge in [0.1, 0.15) is 0 Å². The Morgan fingerprint density at radius 3 is 2.41 bits per heavy atom. The Morgan fingerprint density at radius 2 is 1.72 bits per heavy atom. The van der Waals surface area contributed by atoms with Crippen LogP contribution in [0, 0.1) is 26.7 Å². The predicted octanol–water partition coefficient (Wildman–Crippen LogP) is 3.17. The zero-order chi connectivity index (χ0) is 22.5. The van der Waals surface area contributed by atoms with Gasteiger partial charge in [-0.05, 0) is 77.7 Å². The molecule has 0 radical (unpaired) electrons. The molecule has 174 valence electrons. The number of anilines is 1. The average Bonchev–Trinajstić information content (AvgIpc) is 3.08. The van der Waals surface area contributed by atoms with Crippen LogP contribution in [-0.2, 0) is 9.53 Å². The summed E-state index contributed by atoms with van der Waals surface area (Å²) >= 11 is 0. The summed E-state index contributed by atoms with van der Waals surface area (Å²) in [4.78, 5) is 17.6. The minimum Gasteiger partial charge on any atom is -0.379 e. The third-order valence-electron chi connectivity index (χ3n) is 6.87. The molecule has 0 spiro atoms. The molecule has 0 bridgehead atoms. The summed E-state index contributed by atoms with van der Waals surface area (Å²) in [7, 11) is 0. The van der Waals surface area contributed by atoms with Gasteiger partial charge in [-0.1, -0.05) is 17.7 Å². The standard InChI is InChI=1S/C25H37N5O2/c1-19-4-6-23(7-5-19)30-21(3)25(20(2)27-30)26-24(31)18-29-12-9-22(10-13-29)8-11-28-14-16-32-17-15-28/h4-7,22H,8-18H2,1-3H3,(H,26,31). The highest BCUT2D eigenvalue weighted by Gasteiger charge is 2.23. The molecule has 4 rings (SSSR count). The summed E-state index contributed by atoms with van der Waals surface area (Å²) in [6.07, 6.45) is 3.62. The van der Waals surface area contributed by atoms with Gasteiger partial charge in [0.25, 0.3) is 0 Å². The van der Waals surface area contributed by atoms with Crippen molar-refractivity contribution in [1.29, 1.82) is 0 Å². The zero-order valence-corrected chi connectivity index (χ0v) is 19.8. The van der Waals surface area contributed by atoms with Crippen molar-refractivity contribution >= 4 is 11.6 Å². The molecule has 1 aromatic heterocycles. The highest BCUT2D eigenvalue weighted by atomic mass is 16.5. The monoisotopic (exact) mass is 439 g/mol. The van der Waals surface area contributed by atoms with Gasteiger partial charge in [-0.3, -0.25) is 14.6 Å². The first kappa shape index (κ1) is 23.0. The minimum atomic E-state index is 0.0476. The second-order valence-corrected chi connectivity index (χ2v) is 9.30. The summed E-state index contributed by atoms with van der Waals surface area (Å²) in [5, 5.41) is 7.78. The number of aryl methyl sites for hydroxylation is 2. The number of nitrogens with one attached hydrogen (secondary N) is 1. The number of carbonyl (C=O) groups is 1. The van der Waals surface area contributed by atoms with Crippen molar-refractivity contribution in [2.75, 3.05) is 57.8 Å². The molecule has 2 aromatic rings. The van der Waals surface area contributed by atoms with E-state index >= 15 is 0 Å². The van der Waals surface area contributed by atoms with E-state index in [4.69, 9.17) is 4.74 Å². The molecule has 0 unspecified atom stereocenters. The average molecular weight is 440 g/mol. The molecule has 7 heteroatoms. The number of hydrogen-bond donors (Lipinski definition) is 1. The van der Waals surface area contributed by atoms with Crippen LogP contribution in [0.5, 0.6) is 0 Å². The summed E-state index contributed by atoms with van der Waals surface area (Å²) < 4.78 is 7.34. The molecule has 0 atom stereocenters. The quantitative estimate of drug-likeness (QED) is 0.718. The van der Waals surface area contributed by atoms with Crippen LogP contribution in [0.25, 0.3) is 5.69 Å². The first-order valence-corrected chi connectivity index (χ1v) is 11.9. The molecule has 1 amide bonds. The van der Waals surface area contributed by atoms with Crippen molar-refractivity contribution in [2.24, 2.45) is 5.92 Å². The molecular weight excluding hydrogens is 402 g/mol. The van der Waals surface area contributed by atoms with Gasteiger partial charge < -0.3 is 10.1 Å². The van der Waals surface area contributed by atoms with Crippen molar-refractivity contribution < 1.29 is 9.53 Å². The number of nitrogens with zero attached hydrogens (tertiary/aromatic N) is 4. The van der Waals surface area contributed by atoms with Gasteiger partial charge in [0.05, 0.1) is 42.5 Å². The highest BCUT2D eigenvalue weighted by molar-refractivity contribution is 5.93. The number of amides is 1. The van der Waals surface area contributed by atoms with Crippen molar-refractivity contribution in [1.82, 2.24) is 19.6 Å². The van der Waals surface area contributed by atoms with E-state index in [1.165, 1.54) is 31.4 Å². The number of ether oxygens (including phenoxy) is 1. The van der Waals surface area contributed by atoms with E-state index in [0.717, 1.165) is 68.1 Å². The lowest BCUT2D eigenvalue weighted by atomic mass is 9.93. The largest absolute Gasteiger partial charge is 0.379 e. The van der Waals surface area contributed by atoms with Crippen LogP contribution < -0.4 is 5.32 Å². The summed E-state index contributed by atoms with van der Waals surface area (Å²) in [6.45, 7) is 13.5. The van der Waals surface area contributed by atoms with Crippen LogP contribution in [-0.4, -0.2) is 78.0 Å². The van der Waals surface area contributed by atoms with E-state index in [9.17, 15) is 4.79 Å². The van der Waals surface area contributed by atoms with E-state index in [-0.39, 0.29) is 5.91 Å². The number of rotatable bonds is 7. The molecule has 2 aliphatic rings. The second-order valence-electron chi connectivity index (χ2n) is 9.30. The van der Waals surface area contributed by atoms with Crippen molar-refractivity contribution in [3.63, 3.8) is 0 Å². The summed E-state index contributed by atoms with van der Waals surface area (Å²) in [5.74, 6) is 0.820. The minimum absolute atomic E-state index is 0.0476. The van der Waals surface area contributed by atoms with Gasteiger partial charge in [0.15, 0.2) is 0 Å². The number of carbonyl (C=O) groups excluding carboxylic acids is 1. The SMILES string of the molecule is Cc1ccc(-n2nc(C)c(NC(=O)CN3CCC(CCN4CCOCC4)CC3)c2C)cc1. The Kier molecular flexibility index (Phi) is 7.60. The van der Waals surface area contributed by atoms with E-state index in [1.54, 1.807) is 0 Å². The number of benzene rings is 1. The predicted molar refractivity (Wildman–Crippen MR) is 127 cm³/mol. The molecule has 1 N–H and O–H groups in total. The Morgan fingerprint density at radius 1 is 1.03 bits per heavy atom. The van der Waals surface area contributed by atoms with E-state index in [0.29, 0.717) is 6.54 Å². The van der Waals surface area contributed by atoms with Crippen LogP contribution in [0.2, 0.25) is 0 Å². The van der Waals surface area contributed by atoms with Crippen LogP contribution in [0.15, 0.2) is 24.3 Å². The molecule has 2 fully saturated rings. The lowest BCUT2D eigenvalue weighted by Crippen LogP contribution is -2.41.